The molecule has 0 bridgehead atoms. The Bertz CT molecular complexity index is 1150. The largest absolute Gasteiger partial charge is 2.00 e. The third-order valence-electron chi connectivity index (χ3n) is 7.78. The van der Waals surface area contributed by atoms with E-state index < -0.39 is 41.8 Å². The van der Waals surface area contributed by atoms with Gasteiger partial charge in [-0.15, -0.1) is 0 Å². The summed E-state index contributed by atoms with van der Waals surface area (Å²) < 4.78 is 0. The van der Waals surface area contributed by atoms with Crippen LogP contribution in [0, 0.1) is 11.3 Å². The Morgan fingerprint density at radius 3 is 2.32 bits per heavy atom. The van der Waals surface area contributed by atoms with Gasteiger partial charge in [0.25, 0.3) is 0 Å². The van der Waals surface area contributed by atoms with E-state index in [-0.39, 0.29) is 35.4 Å². The Labute approximate surface area is 238 Å². The summed E-state index contributed by atoms with van der Waals surface area (Å²) in [7, 11) is 0. The molecule has 1 aliphatic heterocycles. The van der Waals surface area contributed by atoms with E-state index in [2.05, 4.69) is 5.32 Å². The number of carboxylic acids is 2. The fraction of sp³-hybridized carbons (Fsp3) is 0.448. The molecule has 0 radical (unpaired) electrons. The SMILES string of the molecule is O=C([O-])CN1C(=O)[C@@H](NC(=O)C2(C[C@@H](CCc3ccccc3)C(=O)[O-])CCCC2)CCc2ccccc21.[Mg+2]. The van der Waals surface area contributed by atoms with Crippen LogP contribution in [0.3, 0.4) is 0 Å². The summed E-state index contributed by atoms with van der Waals surface area (Å²) >= 11 is 0. The smallest absolute Gasteiger partial charge is 0.550 e. The van der Waals surface area contributed by atoms with Gasteiger partial charge in [0.15, 0.2) is 0 Å². The van der Waals surface area contributed by atoms with E-state index in [0.29, 0.717) is 44.2 Å². The number of hydrogen-bond donors (Lipinski definition) is 1. The molecule has 4 rings (SSSR count). The van der Waals surface area contributed by atoms with Crippen molar-refractivity contribution >= 4 is 52.5 Å². The molecule has 8 nitrogen and oxygen atoms in total. The molecule has 1 aliphatic carbocycles. The number of carbonyl (C=O) groups excluding carboxylic acids is 4. The van der Waals surface area contributed by atoms with Crippen LogP contribution >= 0.6 is 0 Å². The molecule has 2 atom stereocenters. The number of aliphatic carboxylic acids is 2. The number of nitrogens with one attached hydrogen (secondary N) is 1. The Morgan fingerprint density at radius 1 is 1.00 bits per heavy atom. The van der Waals surface area contributed by atoms with Crippen molar-refractivity contribution in [3.8, 4) is 0 Å². The van der Waals surface area contributed by atoms with Gasteiger partial charge in [0.1, 0.15) is 6.04 Å². The number of hydrogen-bond acceptors (Lipinski definition) is 6. The predicted molar refractivity (Wildman–Crippen MR) is 139 cm³/mol. The second-order valence-corrected chi connectivity index (χ2v) is 10.2. The quantitative estimate of drug-likeness (QED) is 0.453. The minimum absolute atomic E-state index is 0. The van der Waals surface area contributed by atoms with Crippen molar-refractivity contribution in [3.05, 3.63) is 65.7 Å². The number of rotatable bonds is 10. The van der Waals surface area contributed by atoms with Gasteiger partial charge in [0, 0.05) is 17.1 Å². The molecule has 2 aliphatic rings. The molecule has 1 fully saturated rings. The first-order valence-corrected chi connectivity index (χ1v) is 12.9. The number of aryl methyl sites for hydroxylation is 2. The van der Waals surface area contributed by atoms with Gasteiger partial charge >= 0.3 is 23.1 Å². The summed E-state index contributed by atoms with van der Waals surface area (Å²) in [4.78, 5) is 51.8. The zero-order valence-corrected chi connectivity index (χ0v) is 22.9. The molecule has 1 saturated carbocycles. The zero-order chi connectivity index (χ0) is 26.4. The molecule has 2 amide bonds. The molecule has 0 aromatic heterocycles. The van der Waals surface area contributed by atoms with Crippen LogP contribution in [0.1, 0.15) is 56.1 Å². The first kappa shape index (κ1) is 29.6. The van der Waals surface area contributed by atoms with Gasteiger partial charge in [0.05, 0.1) is 12.5 Å². The van der Waals surface area contributed by atoms with Crippen LogP contribution in [-0.4, -0.2) is 59.4 Å². The van der Waals surface area contributed by atoms with E-state index in [1.165, 1.54) is 0 Å². The van der Waals surface area contributed by atoms with Crippen molar-refractivity contribution in [1.29, 1.82) is 0 Å². The van der Waals surface area contributed by atoms with Crippen molar-refractivity contribution in [1.82, 2.24) is 5.32 Å². The van der Waals surface area contributed by atoms with Crippen molar-refractivity contribution in [2.75, 3.05) is 11.4 Å². The molecule has 38 heavy (non-hydrogen) atoms. The molecular formula is C29H32MgN2O6. The van der Waals surface area contributed by atoms with Gasteiger partial charge in [0.2, 0.25) is 11.8 Å². The second-order valence-electron chi connectivity index (χ2n) is 10.2. The van der Waals surface area contributed by atoms with Gasteiger partial charge in [-0.3, -0.25) is 9.59 Å². The van der Waals surface area contributed by atoms with Crippen LogP contribution in [0.5, 0.6) is 0 Å². The van der Waals surface area contributed by atoms with Gasteiger partial charge in [-0.2, -0.15) is 0 Å². The van der Waals surface area contributed by atoms with E-state index in [4.69, 9.17) is 0 Å². The number of anilines is 1. The number of carbonyl (C=O) groups is 4. The summed E-state index contributed by atoms with van der Waals surface area (Å²) in [5.41, 5.74) is 1.44. The average Bonchev–Trinajstić information content (AvgIpc) is 3.33. The molecule has 2 aromatic carbocycles. The average molecular weight is 529 g/mol. The third kappa shape index (κ3) is 6.93. The number of amides is 2. The van der Waals surface area contributed by atoms with Crippen molar-refractivity contribution in [2.24, 2.45) is 11.3 Å². The number of fused-ring (bicyclic) bond motifs is 1. The maximum absolute atomic E-state index is 13.7. The summed E-state index contributed by atoms with van der Waals surface area (Å²) in [5, 5.41) is 26.4. The summed E-state index contributed by atoms with van der Waals surface area (Å²) in [6, 6.07) is 15.8. The van der Waals surface area contributed by atoms with Crippen LogP contribution in [0.2, 0.25) is 0 Å². The molecule has 0 unspecified atom stereocenters. The molecule has 0 spiro atoms. The number of benzene rings is 2. The van der Waals surface area contributed by atoms with Gasteiger partial charge in [-0.25, -0.2) is 0 Å². The zero-order valence-electron chi connectivity index (χ0n) is 21.5. The molecule has 2 aromatic rings. The maximum Gasteiger partial charge on any atom is 2.00 e. The topological polar surface area (TPSA) is 130 Å². The summed E-state index contributed by atoms with van der Waals surface area (Å²) in [6.45, 7) is -0.612. The van der Waals surface area contributed by atoms with Crippen LogP contribution < -0.4 is 20.4 Å². The van der Waals surface area contributed by atoms with E-state index in [0.717, 1.165) is 28.9 Å². The van der Waals surface area contributed by atoms with E-state index >= 15 is 0 Å². The number of carboxylic acid groups (broad SMARTS) is 2. The Kier molecular flexibility index (Phi) is 10.3. The molecule has 196 valence electrons. The molecule has 1 heterocycles. The van der Waals surface area contributed by atoms with Gasteiger partial charge < -0.3 is 30.0 Å². The van der Waals surface area contributed by atoms with Crippen molar-refractivity contribution in [3.63, 3.8) is 0 Å². The van der Waals surface area contributed by atoms with Crippen molar-refractivity contribution in [2.45, 2.75) is 63.8 Å². The third-order valence-corrected chi connectivity index (χ3v) is 7.78. The first-order chi connectivity index (χ1) is 17.8. The van der Waals surface area contributed by atoms with Crippen LogP contribution in [0.25, 0.3) is 0 Å². The van der Waals surface area contributed by atoms with Gasteiger partial charge in [-0.1, -0.05) is 61.4 Å². The normalized spacial score (nSPS) is 19.0. The monoisotopic (exact) mass is 528 g/mol. The fourth-order valence-corrected chi connectivity index (χ4v) is 5.79. The van der Waals surface area contributed by atoms with E-state index in [9.17, 15) is 29.4 Å². The van der Waals surface area contributed by atoms with Gasteiger partial charge in [-0.05, 0) is 68.1 Å². The summed E-state index contributed by atoms with van der Waals surface area (Å²) in [6.07, 6.45) is 4.56. The molecule has 9 heteroatoms. The Hall–Kier alpha value is -2.91. The van der Waals surface area contributed by atoms with Crippen LogP contribution in [0.15, 0.2) is 54.6 Å². The standard InChI is InChI=1S/C29H34N2O6.Mg/c32-25(33)19-31-24-11-5-4-10-21(24)14-15-23(26(31)34)30-28(37)29(16-6-7-17-29)18-22(27(35)36)13-12-20-8-2-1-3-9-20;/h1-5,8-11,22-23H,6-7,12-19H2,(H,30,37)(H,32,33)(H,35,36);/q;+2/p-2/t22-,23+;/m1./s1. The minimum Gasteiger partial charge on any atom is -0.550 e. The Balaban J connectivity index is 0.00000400. The number of nitrogens with zero attached hydrogens (tertiary/aromatic N) is 1. The van der Waals surface area contributed by atoms with E-state index in [1.807, 2.05) is 42.5 Å². The van der Waals surface area contributed by atoms with Crippen molar-refractivity contribution < 1.29 is 29.4 Å². The second kappa shape index (κ2) is 13.2. The van der Waals surface area contributed by atoms with Crippen LogP contribution in [-0.2, 0) is 32.0 Å². The maximum atomic E-state index is 13.7. The van der Waals surface area contributed by atoms with Crippen LogP contribution in [0.4, 0.5) is 5.69 Å². The fourth-order valence-electron chi connectivity index (χ4n) is 5.79. The number of para-hydroxylation sites is 1. The molecule has 1 N–H and O–H groups in total. The molecule has 0 saturated heterocycles. The first-order valence-electron chi connectivity index (χ1n) is 12.9. The summed E-state index contributed by atoms with van der Waals surface area (Å²) in [5.74, 6) is -4.20. The Morgan fingerprint density at radius 2 is 1.66 bits per heavy atom. The minimum atomic E-state index is -1.39. The molecular weight excluding hydrogens is 497 g/mol. The predicted octanol–water partition coefficient (Wildman–Crippen LogP) is 0.769. The van der Waals surface area contributed by atoms with E-state index in [1.54, 1.807) is 12.1 Å².